The van der Waals surface area contributed by atoms with Gasteiger partial charge in [-0.25, -0.2) is 9.97 Å². The predicted molar refractivity (Wildman–Crippen MR) is 92.5 cm³/mol. The van der Waals surface area contributed by atoms with Crippen molar-refractivity contribution in [3.63, 3.8) is 0 Å². The van der Waals surface area contributed by atoms with Gasteiger partial charge in [0, 0.05) is 20.1 Å². The van der Waals surface area contributed by atoms with E-state index in [1.165, 1.54) is 0 Å². The standard InChI is InChI=1S/C18H18N4O2/c1-12-13(8-11-24-12)18(23)22-10-5-9-21(2)16-17(22)20-15-7-4-3-6-14(15)19-16/h3-4,6-8,11H,5,9-10H2,1-2H3. The van der Waals surface area contributed by atoms with Crippen molar-refractivity contribution in [2.24, 2.45) is 0 Å². The molecule has 0 atom stereocenters. The number of hydrogen-bond acceptors (Lipinski definition) is 5. The lowest BCUT2D eigenvalue weighted by Gasteiger charge is -2.22. The summed E-state index contributed by atoms with van der Waals surface area (Å²) in [5, 5.41) is 0. The quantitative estimate of drug-likeness (QED) is 0.689. The molecule has 1 aliphatic heterocycles. The molecule has 0 saturated heterocycles. The van der Waals surface area contributed by atoms with Crippen molar-refractivity contribution in [1.82, 2.24) is 9.97 Å². The lowest BCUT2D eigenvalue weighted by atomic mass is 10.2. The Morgan fingerprint density at radius 3 is 2.46 bits per heavy atom. The maximum atomic E-state index is 13.0. The lowest BCUT2D eigenvalue weighted by Crippen LogP contribution is -2.32. The van der Waals surface area contributed by atoms with Crippen LogP contribution in [-0.4, -0.2) is 36.0 Å². The summed E-state index contributed by atoms with van der Waals surface area (Å²) in [4.78, 5) is 26.3. The van der Waals surface area contributed by atoms with E-state index in [9.17, 15) is 4.79 Å². The minimum atomic E-state index is -0.0950. The molecule has 0 aliphatic carbocycles. The molecule has 4 rings (SSSR count). The van der Waals surface area contributed by atoms with Gasteiger partial charge in [-0.1, -0.05) is 12.1 Å². The van der Waals surface area contributed by atoms with E-state index in [0.717, 1.165) is 29.8 Å². The van der Waals surface area contributed by atoms with E-state index in [4.69, 9.17) is 14.4 Å². The second-order valence-corrected chi connectivity index (χ2v) is 5.98. The zero-order chi connectivity index (χ0) is 16.7. The molecule has 0 spiro atoms. The van der Waals surface area contributed by atoms with Crippen molar-refractivity contribution in [3.05, 3.63) is 47.9 Å². The summed E-state index contributed by atoms with van der Waals surface area (Å²) in [6, 6.07) is 9.43. The van der Waals surface area contributed by atoms with Gasteiger partial charge in [0.2, 0.25) is 0 Å². The van der Waals surface area contributed by atoms with E-state index in [-0.39, 0.29) is 5.91 Å². The van der Waals surface area contributed by atoms with E-state index in [0.29, 0.717) is 23.7 Å². The first-order valence-electron chi connectivity index (χ1n) is 7.99. The number of aromatic nitrogens is 2. The van der Waals surface area contributed by atoms with Crippen LogP contribution < -0.4 is 9.80 Å². The van der Waals surface area contributed by atoms with Gasteiger partial charge < -0.3 is 9.32 Å². The van der Waals surface area contributed by atoms with Gasteiger partial charge >= 0.3 is 0 Å². The number of nitrogens with zero attached hydrogens (tertiary/aromatic N) is 4. The molecule has 0 unspecified atom stereocenters. The maximum absolute atomic E-state index is 13.0. The summed E-state index contributed by atoms with van der Waals surface area (Å²) in [5.74, 6) is 1.87. The molecule has 6 heteroatoms. The van der Waals surface area contributed by atoms with E-state index >= 15 is 0 Å². The minimum absolute atomic E-state index is 0.0950. The van der Waals surface area contributed by atoms with Gasteiger partial charge in [0.15, 0.2) is 11.6 Å². The van der Waals surface area contributed by atoms with Gasteiger partial charge in [0.25, 0.3) is 5.91 Å². The third-order valence-electron chi connectivity index (χ3n) is 4.36. The van der Waals surface area contributed by atoms with Crippen LogP contribution in [0.1, 0.15) is 22.5 Å². The van der Waals surface area contributed by atoms with Gasteiger partial charge in [-0.05, 0) is 31.5 Å². The normalized spacial score (nSPS) is 14.6. The van der Waals surface area contributed by atoms with Crippen LogP contribution >= 0.6 is 0 Å². The number of amides is 1. The Labute approximate surface area is 139 Å². The molecule has 2 aromatic heterocycles. The Hall–Kier alpha value is -2.89. The van der Waals surface area contributed by atoms with E-state index < -0.39 is 0 Å². The number of furan rings is 1. The number of aryl methyl sites for hydroxylation is 1. The van der Waals surface area contributed by atoms with Gasteiger partial charge in [0.1, 0.15) is 5.76 Å². The number of carbonyl (C=O) groups is 1. The highest BCUT2D eigenvalue weighted by Crippen LogP contribution is 2.31. The second-order valence-electron chi connectivity index (χ2n) is 5.98. The summed E-state index contributed by atoms with van der Waals surface area (Å²) >= 11 is 0. The molecule has 6 nitrogen and oxygen atoms in total. The average Bonchev–Trinajstić information content (AvgIpc) is 2.96. The minimum Gasteiger partial charge on any atom is -0.469 e. The monoisotopic (exact) mass is 322 g/mol. The Bertz CT molecular complexity index is 918. The van der Waals surface area contributed by atoms with Gasteiger partial charge in [0.05, 0.1) is 22.9 Å². The number of anilines is 2. The maximum Gasteiger partial charge on any atom is 0.263 e. The highest BCUT2D eigenvalue weighted by Gasteiger charge is 2.28. The topological polar surface area (TPSA) is 62.5 Å². The van der Waals surface area contributed by atoms with Gasteiger partial charge in [-0.2, -0.15) is 0 Å². The first-order chi connectivity index (χ1) is 11.6. The summed E-state index contributed by atoms with van der Waals surface area (Å²) < 4.78 is 5.29. The zero-order valence-corrected chi connectivity index (χ0v) is 13.7. The molecule has 1 amide bonds. The SMILES string of the molecule is Cc1occc1C(=O)N1CCCN(C)c2nc3ccccc3nc21. The first-order valence-corrected chi connectivity index (χ1v) is 7.99. The number of hydrogen-bond donors (Lipinski definition) is 0. The smallest absolute Gasteiger partial charge is 0.263 e. The Morgan fingerprint density at radius 1 is 1.08 bits per heavy atom. The fourth-order valence-electron chi connectivity index (χ4n) is 3.05. The molecule has 24 heavy (non-hydrogen) atoms. The van der Waals surface area contributed by atoms with Crippen molar-refractivity contribution in [2.45, 2.75) is 13.3 Å². The van der Waals surface area contributed by atoms with E-state index in [1.54, 1.807) is 24.2 Å². The van der Waals surface area contributed by atoms with E-state index in [2.05, 4.69) is 4.90 Å². The predicted octanol–water partition coefficient (Wildman–Crippen LogP) is 3.02. The molecule has 0 saturated carbocycles. The fraction of sp³-hybridized carbons (Fsp3) is 0.278. The summed E-state index contributed by atoms with van der Waals surface area (Å²) in [6.07, 6.45) is 2.40. The van der Waals surface area contributed by atoms with Crippen LogP contribution in [0.2, 0.25) is 0 Å². The van der Waals surface area contributed by atoms with Gasteiger partial charge in [-0.15, -0.1) is 0 Å². The largest absolute Gasteiger partial charge is 0.469 e. The van der Waals surface area contributed by atoms with Crippen LogP contribution in [0.5, 0.6) is 0 Å². The summed E-state index contributed by atoms with van der Waals surface area (Å²) in [7, 11) is 1.99. The second kappa shape index (κ2) is 5.63. The Balaban J connectivity index is 1.88. The number of rotatable bonds is 1. The third-order valence-corrected chi connectivity index (χ3v) is 4.36. The van der Waals surface area contributed by atoms with Crippen molar-refractivity contribution in [1.29, 1.82) is 0 Å². The van der Waals surface area contributed by atoms with Crippen LogP contribution in [0, 0.1) is 6.92 Å². The average molecular weight is 322 g/mol. The number of para-hydroxylation sites is 2. The van der Waals surface area contributed by atoms with Gasteiger partial charge in [-0.3, -0.25) is 9.69 Å². The highest BCUT2D eigenvalue weighted by atomic mass is 16.3. The van der Waals surface area contributed by atoms with Crippen molar-refractivity contribution >= 4 is 28.6 Å². The van der Waals surface area contributed by atoms with Crippen LogP contribution in [0.4, 0.5) is 11.6 Å². The molecule has 0 radical (unpaired) electrons. The molecule has 122 valence electrons. The van der Waals surface area contributed by atoms with E-state index in [1.807, 2.05) is 31.3 Å². The summed E-state index contributed by atoms with van der Waals surface area (Å²) in [5.41, 5.74) is 2.19. The third kappa shape index (κ3) is 2.31. The highest BCUT2D eigenvalue weighted by molar-refractivity contribution is 6.08. The molecule has 0 fully saturated rings. The number of benzene rings is 1. The van der Waals surface area contributed by atoms with Crippen LogP contribution in [0.25, 0.3) is 11.0 Å². The molecule has 3 aromatic rings. The molecule has 0 N–H and O–H groups in total. The molecule has 3 heterocycles. The van der Waals surface area contributed by atoms with Crippen LogP contribution in [0.3, 0.4) is 0 Å². The lowest BCUT2D eigenvalue weighted by molar-refractivity contribution is 0.0985. The zero-order valence-electron chi connectivity index (χ0n) is 13.7. The van der Waals surface area contributed by atoms with Crippen LogP contribution in [0.15, 0.2) is 41.0 Å². The number of fused-ring (bicyclic) bond motifs is 2. The summed E-state index contributed by atoms with van der Waals surface area (Å²) in [6.45, 7) is 3.23. The first kappa shape index (κ1) is 14.7. The molecular weight excluding hydrogens is 304 g/mol. The Morgan fingerprint density at radius 2 is 1.79 bits per heavy atom. The molecular formula is C18H18N4O2. The van der Waals surface area contributed by atoms with Crippen LogP contribution in [-0.2, 0) is 0 Å². The fourth-order valence-corrected chi connectivity index (χ4v) is 3.05. The molecule has 0 bridgehead atoms. The van der Waals surface area contributed by atoms with Crippen molar-refractivity contribution in [3.8, 4) is 0 Å². The molecule has 1 aliphatic rings. The molecule has 1 aromatic carbocycles. The van der Waals surface area contributed by atoms with Crippen molar-refractivity contribution in [2.75, 3.05) is 29.9 Å². The number of carbonyl (C=O) groups excluding carboxylic acids is 1. The van der Waals surface area contributed by atoms with Crippen molar-refractivity contribution < 1.29 is 9.21 Å². The Kier molecular flexibility index (Phi) is 3.45.